The maximum Gasteiger partial charge on any atom is 0.338 e. The van der Waals surface area contributed by atoms with Gasteiger partial charge in [0.05, 0.1) is 10.5 Å². The van der Waals surface area contributed by atoms with Crippen molar-refractivity contribution in [1.29, 1.82) is 0 Å². The van der Waals surface area contributed by atoms with Crippen molar-refractivity contribution in [2.45, 2.75) is 24.5 Å². The van der Waals surface area contributed by atoms with Crippen LogP contribution in [0, 0.1) is 0 Å². The molecule has 1 aliphatic heterocycles. The van der Waals surface area contributed by atoms with Gasteiger partial charge < -0.3 is 9.15 Å². The van der Waals surface area contributed by atoms with Gasteiger partial charge in [0, 0.05) is 30.1 Å². The normalized spacial score (nSPS) is 13.9. The zero-order valence-electron chi connectivity index (χ0n) is 20.3. The minimum Gasteiger partial charge on any atom is -0.457 e. The molecule has 0 amide bonds. The van der Waals surface area contributed by atoms with Crippen molar-refractivity contribution in [3.63, 3.8) is 0 Å². The first-order valence-corrected chi connectivity index (χ1v) is 13.6. The van der Waals surface area contributed by atoms with Crippen molar-refractivity contribution < 1.29 is 22.4 Å². The number of carbonyl (C=O) groups excluding carboxylic acids is 1. The Morgan fingerprint density at radius 3 is 2.45 bits per heavy atom. The summed E-state index contributed by atoms with van der Waals surface area (Å²) in [5.41, 5.74) is 2.79. The van der Waals surface area contributed by atoms with Crippen LogP contribution >= 0.6 is 0 Å². The average molecular weight is 526 g/mol. The van der Waals surface area contributed by atoms with Crippen molar-refractivity contribution >= 4 is 37.7 Å². The molecule has 2 heterocycles. The van der Waals surface area contributed by atoms with Crippen LogP contribution in [-0.2, 0) is 34.3 Å². The van der Waals surface area contributed by atoms with Gasteiger partial charge >= 0.3 is 11.6 Å². The monoisotopic (exact) mass is 525 g/mol. The topological polar surface area (TPSA) is 93.9 Å². The highest BCUT2D eigenvalue weighted by Gasteiger charge is 2.28. The number of ether oxygens (including phenoxy) is 1. The van der Waals surface area contributed by atoms with Crippen LogP contribution in [0.3, 0.4) is 0 Å². The van der Waals surface area contributed by atoms with E-state index in [0.717, 1.165) is 21.9 Å². The van der Waals surface area contributed by atoms with Crippen molar-refractivity contribution in [2.24, 2.45) is 0 Å². The molecule has 38 heavy (non-hydrogen) atoms. The summed E-state index contributed by atoms with van der Waals surface area (Å²) in [6.45, 7) is 0.578. The van der Waals surface area contributed by atoms with Gasteiger partial charge in [0.15, 0.2) is 0 Å². The zero-order valence-corrected chi connectivity index (χ0v) is 21.1. The fourth-order valence-corrected chi connectivity index (χ4v) is 6.37. The lowest BCUT2D eigenvalue weighted by atomic mass is 10.0. The Morgan fingerprint density at radius 1 is 0.895 bits per heavy atom. The maximum absolute atomic E-state index is 13.2. The van der Waals surface area contributed by atoms with E-state index in [4.69, 9.17) is 9.15 Å². The Balaban J connectivity index is 1.21. The second kappa shape index (κ2) is 9.55. The zero-order chi connectivity index (χ0) is 26.3. The molecule has 1 aromatic heterocycles. The number of esters is 1. The van der Waals surface area contributed by atoms with E-state index in [1.807, 2.05) is 54.6 Å². The Bertz CT molecular complexity index is 1860. The van der Waals surface area contributed by atoms with Crippen LogP contribution in [0.2, 0.25) is 0 Å². The van der Waals surface area contributed by atoms with Crippen molar-refractivity contribution in [1.82, 2.24) is 4.31 Å². The van der Waals surface area contributed by atoms with Gasteiger partial charge in [-0.05, 0) is 58.7 Å². The molecule has 0 saturated carbocycles. The number of nitrogens with zero attached hydrogens (tertiary/aromatic N) is 1. The first-order chi connectivity index (χ1) is 18.4. The van der Waals surface area contributed by atoms with Crippen molar-refractivity contribution in [3.05, 3.63) is 124 Å². The lowest BCUT2D eigenvalue weighted by Crippen LogP contribution is -2.35. The smallest absolute Gasteiger partial charge is 0.338 e. The van der Waals surface area contributed by atoms with E-state index in [1.165, 1.54) is 34.6 Å². The molecule has 6 rings (SSSR count). The van der Waals surface area contributed by atoms with Crippen molar-refractivity contribution in [3.8, 4) is 0 Å². The quantitative estimate of drug-likeness (QED) is 0.181. The molecule has 0 N–H and O–H groups in total. The molecule has 0 fully saturated rings. The van der Waals surface area contributed by atoms with E-state index in [-0.39, 0.29) is 17.1 Å². The summed E-state index contributed by atoms with van der Waals surface area (Å²) in [7, 11) is -3.72. The molecular weight excluding hydrogens is 502 g/mol. The summed E-state index contributed by atoms with van der Waals surface area (Å²) >= 11 is 0. The predicted molar refractivity (Wildman–Crippen MR) is 143 cm³/mol. The van der Waals surface area contributed by atoms with E-state index in [9.17, 15) is 18.0 Å². The van der Waals surface area contributed by atoms with Crippen LogP contribution < -0.4 is 5.63 Å². The predicted octanol–water partition coefficient (Wildman–Crippen LogP) is 5.05. The Kier molecular flexibility index (Phi) is 6.06. The summed E-state index contributed by atoms with van der Waals surface area (Å²) in [5.74, 6) is -0.623. The molecule has 5 aromatic rings. The number of benzene rings is 4. The van der Waals surface area contributed by atoms with Crippen LogP contribution in [0.5, 0.6) is 0 Å². The van der Waals surface area contributed by atoms with Crippen molar-refractivity contribution in [2.75, 3.05) is 6.54 Å². The van der Waals surface area contributed by atoms with E-state index < -0.39 is 21.6 Å². The first-order valence-electron chi connectivity index (χ1n) is 12.2. The number of hydrogen-bond acceptors (Lipinski definition) is 6. The van der Waals surface area contributed by atoms with E-state index in [2.05, 4.69) is 0 Å². The van der Waals surface area contributed by atoms with Gasteiger partial charge in [-0.15, -0.1) is 0 Å². The molecule has 0 radical (unpaired) electrons. The minimum absolute atomic E-state index is 0.117. The first kappa shape index (κ1) is 24.1. The molecule has 190 valence electrons. The number of sulfonamides is 1. The van der Waals surface area contributed by atoms with Crippen LogP contribution in [0.1, 0.15) is 27.0 Å². The van der Waals surface area contributed by atoms with Gasteiger partial charge in [0.1, 0.15) is 12.2 Å². The molecule has 8 heteroatoms. The van der Waals surface area contributed by atoms with Gasteiger partial charge in [0.2, 0.25) is 10.0 Å². The summed E-state index contributed by atoms with van der Waals surface area (Å²) in [4.78, 5) is 25.1. The SMILES string of the molecule is O=C(OCc1cc(=O)oc2ccc3ccccc3c12)c1ccc(S(=O)(=O)N2CCc3ccccc3C2)cc1. The molecule has 1 aliphatic rings. The third-order valence-electron chi connectivity index (χ3n) is 6.90. The van der Waals surface area contributed by atoms with Crippen LogP contribution in [0.15, 0.2) is 105 Å². The van der Waals surface area contributed by atoms with Crippen LogP contribution in [-0.4, -0.2) is 25.2 Å². The number of fused-ring (bicyclic) bond motifs is 4. The standard InChI is InChI=1S/C30H23NO6S/c32-28-17-24(29-26-8-4-3-6-21(26)11-14-27(29)37-28)19-36-30(33)22-9-12-25(13-10-22)38(34,35)31-16-15-20-5-1-2-7-23(20)18-31/h1-14,17H,15-16,18-19H2. The second-order valence-corrected chi connectivity index (χ2v) is 11.1. The minimum atomic E-state index is -3.72. The van der Waals surface area contributed by atoms with Crippen LogP contribution in [0.4, 0.5) is 0 Å². The van der Waals surface area contributed by atoms with Gasteiger partial charge in [0.25, 0.3) is 0 Å². The molecule has 4 aromatic carbocycles. The van der Waals surface area contributed by atoms with E-state index >= 15 is 0 Å². The van der Waals surface area contributed by atoms with Gasteiger partial charge in [-0.25, -0.2) is 18.0 Å². The molecule has 0 spiro atoms. The average Bonchev–Trinajstić information content (AvgIpc) is 2.95. The Labute approximate surface area is 218 Å². The molecule has 0 unspecified atom stereocenters. The van der Waals surface area contributed by atoms with E-state index in [0.29, 0.717) is 36.0 Å². The van der Waals surface area contributed by atoms with E-state index in [1.54, 1.807) is 6.07 Å². The largest absolute Gasteiger partial charge is 0.457 e. The fraction of sp³-hybridized carbons (Fsp3) is 0.133. The van der Waals surface area contributed by atoms with Gasteiger partial charge in [-0.1, -0.05) is 54.6 Å². The molecular formula is C30H23NO6S. The lowest BCUT2D eigenvalue weighted by molar-refractivity contribution is 0.0473. The number of hydrogen-bond donors (Lipinski definition) is 0. The molecule has 7 nitrogen and oxygen atoms in total. The molecule has 0 atom stereocenters. The molecule has 0 bridgehead atoms. The van der Waals surface area contributed by atoms with Crippen LogP contribution in [0.25, 0.3) is 21.7 Å². The number of carbonyl (C=O) groups is 1. The highest BCUT2D eigenvalue weighted by molar-refractivity contribution is 7.89. The molecule has 0 aliphatic carbocycles. The third kappa shape index (κ3) is 4.38. The molecule has 0 saturated heterocycles. The third-order valence-corrected chi connectivity index (χ3v) is 8.76. The Morgan fingerprint density at radius 2 is 1.63 bits per heavy atom. The summed E-state index contributed by atoms with van der Waals surface area (Å²) in [6, 6.07) is 26.2. The highest BCUT2D eigenvalue weighted by atomic mass is 32.2. The van der Waals surface area contributed by atoms with Gasteiger partial charge in [-0.3, -0.25) is 0 Å². The highest BCUT2D eigenvalue weighted by Crippen LogP contribution is 2.28. The fourth-order valence-electron chi connectivity index (χ4n) is 4.95. The lowest BCUT2D eigenvalue weighted by Gasteiger charge is -2.28. The maximum atomic E-state index is 13.2. The Hall–Kier alpha value is -4.27. The summed E-state index contributed by atoms with van der Waals surface area (Å²) in [6.07, 6.45) is 0.654. The summed E-state index contributed by atoms with van der Waals surface area (Å²) < 4.78 is 38.8. The second-order valence-electron chi connectivity index (χ2n) is 9.21. The number of rotatable bonds is 5. The summed E-state index contributed by atoms with van der Waals surface area (Å²) in [5, 5.41) is 2.56. The van der Waals surface area contributed by atoms with Gasteiger partial charge in [-0.2, -0.15) is 4.31 Å².